The van der Waals surface area contributed by atoms with Crippen molar-refractivity contribution in [1.29, 1.82) is 5.26 Å². The Kier molecular flexibility index (Phi) is 3.41. The molecule has 132 valence electrons. The maximum Gasteiger partial charge on any atom is 0.238 e. The van der Waals surface area contributed by atoms with Gasteiger partial charge in [0.05, 0.1) is 29.2 Å². The van der Waals surface area contributed by atoms with Crippen molar-refractivity contribution in [3.63, 3.8) is 0 Å². The number of hydrogen-bond donors (Lipinski definition) is 0. The SMILES string of the molecule is N#Cc1ccc(Oc2ccccc2N2C(=O)[C@H]3[C@H](C2=O)[C@H]2C=C[C@H]3C2)cc1. The number of carbonyl (C=O) groups is 2. The summed E-state index contributed by atoms with van der Waals surface area (Å²) in [5.41, 5.74) is 1.02. The molecule has 2 bridgehead atoms. The van der Waals surface area contributed by atoms with Crippen LogP contribution in [0.3, 0.4) is 0 Å². The number of allylic oxidation sites excluding steroid dienone is 2. The zero-order chi connectivity index (χ0) is 18.5. The van der Waals surface area contributed by atoms with E-state index in [4.69, 9.17) is 10.00 Å². The van der Waals surface area contributed by atoms with Crippen LogP contribution in [0.2, 0.25) is 0 Å². The van der Waals surface area contributed by atoms with E-state index in [1.165, 1.54) is 4.90 Å². The molecule has 2 aliphatic carbocycles. The van der Waals surface area contributed by atoms with Gasteiger partial charge >= 0.3 is 0 Å². The van der Waals surface area contributed by atoms with Crippen molar-refractivity contribution in [3.8, 4) is 17.6 Å². The number of rotatable bonds is 3. The van der Waals surface area contributed by atoms with Crippen LogP contribution in [-0.2, 0) is 9.59 Å². The van der Waals surface area contributed by atoms with Crippen molar-refractivity contribution in [3.05, 3.63) is 66.2 Å². The molecule has 0 spiro atoms. The Hall–Kier alpha value is -3.39. The lowest BCUT2D eigenvalue weighted by atomic mass is 9.85. The van der Waals surface area contributed by atoms with Crippen molar-refractivity contribution in [1.82, 2.24) is 0 Å². The monoisotopic (exact) mass is 356 g/mol. The Morgan fingerprint density at radius 1 is 0.926 bits per heavy atom. The summed E-state index contributed by atoms with van der Waals surface area (Å²) in [5, 5.41) is 8.91. The summed E-state index contributed by atoms with van der Waals surface area (Å²) >= 11 is 0. The molecule has 0 N–H and O–H groups in total. The fourth-order valence-electron chi connectivity index (χ4n) is 4.59. The van der Waals surface area contributed by atoms with E-state index in [0.29, 0.717) is 22.7 Å². The second-order valence-corrected chi connectivity index (χ2v) is 7.22. The molecule has 0 radical (unpaired) electrons. The fraction of sp³-hybridized carbons (Fsp3) is 0.227. The van der Waals surface area contributed by atoms with E-state index in [0.717, 1.165) is 6.42 Å². The molecule has 2 aromatic carbocycles. The molecule has 0 aromatic heterocycles. The maximum absolute atomic E-state index is 13.1. The number of anilines is 1. The predicted octanol–water partition coefficient (Wildman–Crippen LogP) is 3.66. The lowest BCUT2D eigenvalue weighted by Crippen LogP contribution is -2.33. The molecule has 27 heavy (non-hydrogen) atoms. The van der Waals surface area contributed by atoms with Gasteiger partial charge in [0.15, 0.2) is 5.75 Å². The van der Waals surface area contributed by atoms with Crippen LogP contribution < -0.4 is 9.64 Å². The number of carbonyl (C=O) groups excluding carboxylic acids is 2. The average Bonchev–Trinajstić information content (AvgIpc) is 3.37. The van der Waals surface area contributed by atoms with Crippen LogP contribution in [0.5, 0.6) is 11.5 Å². The minimum atomic E-state index is -0.240. The highest BCUT2D eigenvalue weighted by Crippen LogP contribution is 2.54. The fourth-order valence-corrected chi connectivity index (χ4v) is 4.59. The molecule has 1 saturated carbocycles. The molecular weight excluding hydrogens is 340 g/mol. The van der Waals surface area contributed by atoms with Gasteiger partial charge in [-0.25, -0.2) is 4.90 Å². The van der Waals surface area contributed by atoms with Gasteiger partial charge in [0.2, 0.25) is 11.8 Å². The first-order chi connectivity index (χ1) is 13.2. The summed E-state index contributed by atoms with van der Waals surface area (Å²) in [6.45, 7) is 0. The number of amides is 2. The molecule has 0 unspecified atom stereocenters. The minimum absolute atomic E-state index is 0.127. The summed E-state index contributed by atoms with van der Waals surface area (Å²) in [4.78, 5) is 27.4. The van der Waals surface area contributed by atoms with Crippen molar-refractivity contribution >= 4 is 17.5 Å². The number of benzene rings is 2. The normalized spacial score (nSPS) is 27.7. The number of nitrogens with zero attached hydrogens (tertiary/aromatic N) is 2. The Labute approximate surface area is 156 Å². The van der Waals surface area contributed by atoms with Crippen LogP contribution in [0, 0.1) is 35.0 Å². The van der Waals surface area contributed by atoms with Crippen molar-refractivity contribution in [2.24, 2.45) is 23.7 Å². The third kappa shape index (κ3) is 2.30. The van der Waals surface area contributed by atoms with E-state index in [9.17, 15) is 9.59 Å². The molecular formula is C22H16N2O3. The van der Waals surface area contributed by atoms with Gasteiger partial charge in [0.1, 0.15) is 5.75 Å². The third-order valence-corrected chi connectivity index (χ3v) is 5.79. The van der Waals surface area contributed by atoms with Gasteiger partial charge in [-0.05, 0) is 54.7 Å². The Bertz CT molecular complexity index is 989. The number of fused-ring (bicyclic) bond motifs is 5. The van der Waals surface area contributed by atoms with E-state index in [-0.39, 0.29) is 35.5 Å². The molecule has 4 atom stereocenters. The summed E-state index contributed by atoms with van der Waals surface area (Å²) in [5.74, 6) is 0.606. The van der Waals surface area contributed by atoms with Gasteiger partial charge in [-0.1, -0.05) is 24.3 Å². The van der Waals surface area contributed by atoms with Gasteiger partial charge in [-0.2, -0.15) is 5.26 Å². The smallest absolute Gasteiger partial charge is 0.238 e. The summed E-state index contributed by atoms with van der Waals surface area (Å²) in [6, 6.07) is 15.9. The van der Waals surface area contributed by atoms with Crippen LogP contribution >= 0.6 is 0 Å². The Morgan fingerprint density at radius 3 is 2.19 bits per heavy atom. The molecule has 2 fully saturated rings. The van der Waals surface area contributed by atoms with Gasteiger partial charge < -0.3 is 4.74 Å². The zero-order valence-electron chi connectivity index (χ0n) is 14.4. The summed E-state index contributed by atoms with van der Waals surface area (Å²) in [6.07, 6.45) is 5.07. The van der Waals surface area contributed by atoms with Crippen LogP contribution in [-0.4, -0.2) is 11.8 Å². The Balaban J connectivity index is 1.49. The van der Waals surface area contributed by atoms with E-state index in [1.807, 2.05) is 0 Å². The molecule has 5 heteroatoms. The molecule has 1 aliphatic heterocycles. The second kappa shape index (κ2) is 5.82. The number of hydrogen-bond acceptors (Lipinski definition) is 4. The van der Waals surface area contributed by atoms with Crippen molar-refractivity contribution in [2.75, 3.05) is 4.90 Å². The van der Waals surface area contributed by atoms with Crippen molar-refractivity contribution in [2.45, 2.75) is 6.42 Å². The maximum atomic E-state index is 13.1. The second-order valence-electron chi connectivity index (χ2n) is 7.22. The predicted molar refractivity (Wildman–Crippen MR) is 97.9 cm³/mol. The number of ether oxygens (including phenoxy) is 1. The molecule has 2 aromatic rings. The van der Waals surface area contributed by atoms with Gasteiger partial charge in [-0.3, -0.25) is 9.59 Å². The summed E-state index contributed by atoms with van der Waals surface area (Å²) in [7, 11) is 0. The topological polar surface area (TPSA) is 70.4 Å². The van der Waals surface area contributed by atoms with Crippen LogP contribution in [0.1, 0.15) is 12.0 Å². The first-order valence-electron chi connectivity index (χ1n) is 9.00. The van der Waals surface area contributed by atoms with E-state index < -0.39 is 0 Å². The molecule has 5 rings (SSSR count). The molecule has 3 aliphatic rings. The molecule has 5 nitrogen and oxygen atoms in total. The quantitative estimate of drug-likeness (QED) is 0.622. The lowest BCUT2D eigenvalue weighted by Gasteiger charge is -2.20. The number of imide groups is 1. The highest BCUT2D eigenvalue weighted by atomic mass is 16.5. The molecule has 1 heterocycles. The van der Waals surface area contributed by atoms with Crippen LogP contribution in [0.4, 0.5) is 5.69 Å². The van der Waals surface area contributed by atoms with E-state index >= 15 is 0 Å². The standard InChI is InChI=1S/C22H16N2O3/c23-12-13-5-9-16(10-6-13)27-18-4-2-1-3-17(18)24-21(25)19-14-7-8-15(11-14)20(19)22(24)26/h1-10,14-15,19-20H,11H2/t14-,15-,19+,20+/m0/s1. The Morgan fingerprint density at radius 2 is 1.56 bits per heavy atom. The molecule has 2 amide bonds. The lowest BCUT2D eigenvalue weighted by molar-refractivity contribution is -0.123. The van der Waals surface area contributed by atoms with Gasteiger partial charge in [-0.15, -0.1) is 0 Å². The highest BCUT2D eigenvalue weighted by Gasteiger charge is 2.59. The first kappa shape index (κ1) is 15.8. The zero-order valence-corrected chi connectivity index (χ0v) is 14.4. The summed E-state index contributed by atoms with van der Waals surface area (Å²) < 4.78 is 5.94. The highest BCUT2D eigenvalue weighted by molar-refractivity contribution is 6.23. The largest absolute Gasteiger partial charge is 0.455 e. The molecule has 1 saturated heterocycles. The minimum Gasteiger partial charge on any atom is -0.455 e. The van der Waals surface area contributed by atoms with Gasteiger partial charge in [0.25, 0.3) is 0 Å². The first-order valence-corrected chi connectivity index (χ1v) is 9.00. The third-order valence-electron chi connectivity index (χ3n) is 5.79. The van der Waals surface area contributed by atoms with Gasteiger partial charge in [0, 0.05) is 0 Å². The average molecular weight is 356 g/mol. The van der Waals surface area contributed by atoms with Crippen molar-refractivity contribution < 1.29 is 14.3 Å². The van der Waals surface area contributed by atoms with Crippen LogP contribution in [0.25, 0.3) is 0 Å². The van der Waals surface area contributed by atoms with E-state index in [1.54, 1.807) is 48.5 Å². The van der Waals surface area contributed by atoms with Crippen LogP contribution in [0.15, 0.2) is 60.7 Å². The van der Waals surface area contributed by atoms with E-state index in [2.05, 4.69) is 18.2 Å². The number of para-hydroxylation sites is 2. The number of nitriles is 1.